The van der Waals surface area contributed by atoms with E-state index in [1.807, 2.05) is 0 Å². The van der Waals surface area contributed by atoms with E-state index in [9.17, 15) is 18.0 Å². The number of carbonyl (C=O) groups excluding carboxylic acids is 1. The van der Waals surface area contributed by atoms with E-state index in [1.165, 1.54) is 19.2 Å². The van der Waals surface area contributed by atoms with E-state index < -0.39 is 17.6 Å². The second-order valence-electron chi connectivity index (χ2n) is 6.49. The average molecular weight is 392 g/mol. The number of hydrogen-bond donors (Lipinski definition) is 1. The van der Waals surface area contributed by atoms with Crippen LogP contribution in [0.25, 0.3) is 11.0 Å². The second-order valence-corrected chi connectivity index (χ2v) is 6.49. The highest BCUT2D eigenvalue weighted by atomic mass is 19.4. The first-order chi connectivity index (χ1) is 13.1. The van der Waals surface area contributed by atoms with Gasteiger partial charge in [0.15, 0.2) is 5.76 Å². The van der Waals surface area contributed by atoms with E-state index in [1.54, 1.807) is 44.1 Å². The van der Waals surface area contributed by atoms with Crippen LogP contribution in [0.2, 0.25) is 0 Å². The van der Waals surface area contributed by atoms with Gasteiger partial charge in [-0.05, 0) is 43.3 Å². The second kappa shape index (κ2) is 7.10. The molecule has 3 rings (SSSR count). The van der Waals surface area contributed by atoms with Crippen molar-refractivity contribution in [3.05, 3.63) is 53.3 Å². The van der Waals surface area contributed by atoms with Crippen LogP contribution in [0.5, 0.6) is 5.75 Å². The van der Waals surface area contributed by atoms with E-state index in [0.29, 0.717) is 28.0 Å². The Morgan fingerprint density at radius 1 is 1.14 bits per heavy atom. The van der Waals surface area contributed by atoms with Crippen molar-refractivity contribution < 1.29 is 27.1 Å². The number of anilines is 2. The monoisotopic (exact) mass is 392 g/mol. The normalized spacial score (nSPS) is 11.5. The number of fused-ring (bicyclic) bond motifs is 1. The summed E-state index contributed by atoms with van der Waals surface area (Å²) in [5.74, 6) is -0.217. The molecule has 148 valence electrons. The van der Waals surface area contributed by atoms with Crippen LogP contribution in [0.15, 0.2) is 40.8 Å². The predicted octanol–water partition coefficient (Wildman–Crippen LogP) is 5.09. The highest BCUT2D eigenvalue weighted by Crippen LogP contribution is 2.37. The van der Waals surface area contributed by atoms with Gasteiger partial charge in [0, 0.05) is 30.7 Å². The smallest absolute Gasteiger partial charge is 0.418 e. The molecule has 1 aromatic heterocycles. The molecule has 0 bridgehead atoms. The van der Waals surface area contributed by atoms with E-state index in [4.69, 9.17) is 9.15 Å². The van der Waals surface area contributed by atoms with E-state index in [-0.39, 0.29) is 11.4 Å². The summed E-state index contributed by atoms with van der Waals surface area (Å²) in [6.07, 6.45) is -4.62. The largest absolute Gasteiger partial charge is 0.497 e. The van der Waals surface area contributed by atoms with Crippen molar-refractivity contribution in [1.82, 2.24) is 0 Å². The summed E-state index contributed by atoms with van der Waals surface area (Å²) < 4.78 is 51.1. The van der Waals surface area contributed by atoms with Gasteiger partial charge >= 0.3 is 6.18 Å². The number of alkyl halides is 3. The van der Waals surface area contributed by atoms with Gasteiger partial charge in [-0.15, -0.1) is 0 Å². The summed E-state index contributed by atoms with van der Waals surface area (Å²) >= 11 is 0. The summed E-state index contributed by atoms with van der Waals surface area (Å²) in [7, 11) is 4.79. The fraction of sp³-hybridized carbons (Fsp3) is 0.250. The Hall–Kier alpha value is -3.16. The molecule has 0 saturated carbocycles. The molecule has 28 heavy (non-hydrogen) atoms. The lowest BCUT2D eigenvalue weighted by molar-refractivity contribution is -0.136. The first kappa shape index (κ1) is 19.6. The lowest BCUT2D eigenvalue weighted by Gasteiger charge is -2.18. The number of carbonyl (C=O) groups is 1. The number of benzene rings is 2. The minimum atomic E-state index is -4.62. The van der Waals surface area contributed by atoms with Crippen molar-refractivity contribution in [2.75, 3.05) is 31.4 Å². The molecule has 0 unspecified atom stereocenters. The number of hydrogen-bond acceptors (Lipinski definition) is 4. The third kappa shape index (κ3) is 3.62. The quantitative estimate of drug-likeness (QED) is 0.672. The van der Waals surface area contributed by atoms with Gasteiger partial charge in [0.2, 0.25) is 0 Å². The van der Waals surface area contributed by atoms with Gasteiger partial charge in [0.05, 0.1) is 18.4 Å². The molecule has 1 N–H and O–H groups in total. The van der Waals surface area contributed by atoms with Gasteiger partial charge < -0.3 is 19.4 Å². The molecule has 0 aliphatic rings. The Morgan fingerprint density at radius 2 is 1.86 bits per heavy atom. The molecule has 0 fully saturated rings. The fourth-order valence-corrected chi connectivity index (χ4v) is 2.88. The van der Waals surface area contributed by atoms with Crippen LogP contribution in [0, 0.1) is 6.92 Å². The molecule has 1 amide bonds. The summed E-state index contributed by atoms with van der Waals surface area (Å²) in [6, 6.07) is 8.75. The molecular formula is C20H19F3N2O3. The number of ether oxygens (including phenoxy) is 1. The lowest BCUT2D eigenvalue weighted by Crippen LogP contribution is -2.18. The maximum atomic E-state index is 13.5. The Bertz CT molecular complexity index is 1040. The number of methoxy groups -OCH3 is 1. The van der Waals surface area contributed by atoms with Crippen molar-refractivity contribution in [3.8, 4) is 5.75 Å². The molecule has 0 aliphatic heterocycles. The van der Waals surface area contributed by atoms with E-state index in [2.05, 4.69) is 5.32 Å². The van der Waals surface area contributed by atoms with Crippen molar-refractivity contribution in [2.24, 2.45) is 0 Å². The van der Waals surface area contributed by atoms with Gasteiger partial charge in [-0.3, -0.25) is 4.79 Å². The van der Waals surface area contributed by atoms with Gasteiger partial charge in [0.25, 0.3) is 5.91 Å². The van der Waals surface area contributed by atoms with Crippen molar-refractivity contribution in [1.29, 1.82) is 0 Å². The summed E-state index contributed by atoms with van der Waals surface area (Å²) in [6.45, 7) is 1.67. The molecule has 5 nitrogen and oxygen atoms in total. The molecule has 0 spiro atoms. The number of halogens is 3. The maximum absolute atomic E-state index is 13.5. The van der Waals surface area contributed by atoms with Gasteiger partial charge in [0.1, 0.15) is 11.3 Å². The Morgan fingerprint density at radius 3 is 2.46 bits per heavy atom. The zero-order valence-electron chi connectivity index (χ0n) is 15.8. The van der Waals surface area contributed by atoms with Gasteiger partial charge in [-0.25, -0.2) is 0 Å². The predicted molar refractivity (Wildman–Crippen MR) is 101 cm³/mol. The number of nitrogens with zero attached hydrogens (tertiary/aromatic N) is 1. The van der Waals surface area contributed by atoms with Crippen LogP contribution >= 0.6 is 0 Å². The highest BCUT2D eigenvalue weighted by Gasteiger charge is 2.35. The molecule has 0 radical (unpaired) electrons. The molecule has 3 aromatic rings. The molecule has 0 saturated heterocycles. The van der Waals surface area contributed by atoms with Crippen molar-refractivity contribution in [2.45, 2.75) is 13.1 Å². The van der Waals surface area contributed by atoms with E-state index >= 15 is 0 Å². The first-order valence-corrected chi connectivity index (χ1v) is 8.39. The standard InChI is InChI=1S/C20H19F3N2O3/c1-11-14-10-13(27-4)6-8-17(14)28-18(11)19(26)24-16-7-5-12(25(2)3)9-15(16)20(21,22)23/h5-10H,1-4H3,(H,24,26). The van der Waals surface area contributed by atoms with Crippen LogP contribution in [-0.4, -0.2) is 27.1 Å². The molecule has 2 aromatic carbocycles. The third-order valence-electron chi connectivity index (χ3n) is 4.42. The Kier molecular flexibility index (Phi) is 4.97. The first-order valence-electron chi connectivity index (χ1n) is 8.39. The fourth-order valence-electron chi connectivity index (χ4n) is 2.88. The minimum absolute atomic E-state index is 0.0481. The van der Waals surface area contributed by atoms with Crippen LogP contribution in [0.3, 0.4) is 0 Å². The Balaban J connectivity index is 1.99. The number of nitrogens with one attached hydrogen (secondary N) is 1. The average Bonchev–Trinajstić information content (AvgIpc) is 2.97. The van der Waals surface area contributed by atoms with Gasteiger partial charge in [-0.2, -0.15) is 13.2 Å². The topological polar surface area (TPSA) is 54.7 Å². The van der Waals surface area contributed by atoms with Crippen LogP contribution in [0.1, 0.15) is 21.7 Å². The molecule has 8 heteroatoms. The van der Waals surface area contributed by atoms with Gasteiger partial charge in [-0.1, -0.05) is 0 Å². The highest BCUT2D eigenvalue weighted by molar-refractivity contribution is 6.07. The SMILES string of the molecule is COc1ccc2oc(C(=O)Nc3ccc(N(C)C)cc3C(F)(F)F)c(C)c2c1. The van der Waals surface area contributed by atoms with E-state index in [0.717, 1.165) is 6.07 Å². The third-order valence-corrected chi connectivity index (χ3v) is 4.42. The van der Waals surface area contributed by atoms with Crippen LogP contribution in [-0.2, 0) is 6.18 Å². The lowest BCUT2D eigenvalue weighted by atomic mass is 10.1. The van der Waals surface area contributed by atoms with Crippen LogP contribution in [0.4, 0.5) is 24.5 Å². The summed E-state index contributed by atoms with van der Waals surface area (Å²) in [4.78, 5) is 14.2. The maximum Gasteiger partial charge on any atom is 0.418 e. The molecular weight excluding hydrogens is 373 g/mol. The Labute approximate surface area is 159 Å². The number of furan rings is 1. The minimum Gasteiger partial charge on any atom is -0.497 e. The van der Waals surface area contributed by atoms with Crippen LogP contribution < -0.4 is 15.0 Å². The summed E-state index contributed by atoms with van der Waals surface area (Å²) in [5.41, 5.74) is 0.0766. The summed E-state index contributed by atoms with van der Waals surface area (Å²) in [5, 5.41) is 2.98. The molecule has 1 heterocycles. The zero-order valence-corrected chi connectivity index (χ0v) is 15.8. The molecule has 0 atom stereocenters. The number of aryl methyl sites for hydroxylation is 1. The van der Waals surface area contributed by atoms with Crippen molar-refractivity contribution >= 4 is 28.3 Å². The zero-order chi connectivity index (χ0) is 20.6. The number of amides is 1. The number of rotatable bonds is 4. The molecule has 0 aliphatic carbocycles. The van der Waals surface area contributed by atoms with Crippen molar-refractivity contribution in [3.63, 3.8) is 0 Å².